The Morgan fingerprint density at radius 3 is 2.12 bits per heavy atom. The van der Waals surface area contributed by atoms with Gasteiger partial charge >= 0.3 is 0 Å². The SMILES string of the molecule is CCCCCCCCCCOCC(O)C[O]. The first kappa shape index (κ1) is 15.9. The predicted molar refractivity (Wildman–Crippen MR) is 65.0 cm³/mol. The number of aliphatic hydroxyl groups excluding tert-OH is 1. The van der Waals surface area contributed by atoms with Gasteiger partial charge in [-0.25, -0.2) is 5.11 Å². The number of unbranched alkanes of at least 4 members (excludes halogenated alkanes) is 7. The fourth-order valence-electron chi connectivity index (χ4n) is 1.61. The molecule has 0 amide bonds. The molecule has 97 valence electrons. The second-order valence-electron chi connectivity index (χ2n) is 4.37. The van der Waals surface area contributed by atoms with Crippen molar-refractivity contribution in [2.45, 2.75) is 64.4 Å². The van der Waals surface area contributed by atoms with E-state index in [2.05, 4.69) is 6.92 Å². The molecule has 3 nitrogen and oxygen atoms in total. The van der Waals surface area contributed by atoms with E-state index in [-0.39, 0.29) is 6.61 Å². The van der Waals surface area contributed by atoms with Gasteiger partial charge in [-0.3, -0.25) is 0 Å². The summed E-state index contributed by atoms with van der Waals surface area (Å²) >= 11 is 0. The summed E-state index contributed by atoms with van der Waals surface area (Å²) in [5.41, 5.74) is 0. The fourth-order valence-corrected chi connectivity index (χ4v) is 1.61. The van der Waals surface area contributed by atoms with Crippen LogP contribution < -0.4 is 0 Å². The Morgan fingerprint density at radius 2 is 1.56 bits per heavy atom. The zero-order valence-electron chi connectivity index (χ0n) is 10.6. The van der Waals surface area contributed by atoms with E-state index >= 15 is 0 Å². The van der Waals surface area contributed by atoms with Crippen molar-refractivity contribution in [2.75, 3.05) is 19.8 Å². The molecule has 16 heavy (non-hydrogen) atoms. The number of rotatable bonds is 12. The molecule has 0 bridgehead atoms. The second kappa shape index (κ2) is 12.9. The van der Waals surface area contributed by atoms with Crippen LogP contribution in [0.2, 0.25) is 0 Å². The lowest BCUT2D eigenvalue weighted by Gasteiger charge is -2.07. The first-order valence-electron chi connectivity index (χ1n) is 6.65. The van der Waals surface area contributed by atoms with Gasteiger partial charge in [0.25, 0.3) is 0 Å². The van der Waals surface area contributed by atoms with Crippen molar-refractivity contribution in [3.05, 3.63) is 0 Å². The summed E-state index contributed by atoms with van der Waals surface area (Å²) in [4.78, 5) is 0. The molecular formula is C13H27O3. The van der Waals surface area contributed by atoms with Crippen LogP contribution in [0.1, 0.15) is 58.3 Å². The van der Waals surface area contributed by atoms with Crippen LogP contribution in [0.4, 0.5) is 0 Å². The van der Waals surface area contributed by atoms with Gasteiger partial charge in [-0.1, -0.05) is 51.9 Å². The van der Waals surface area contributed by atoms with Crippen LogP contribution in [-0.2, 0) is 9.84 Å². The Bertz CT molecular complexity index is 128. The molecule has 0 fully saturated rings. The Hall–Kier alpha value is -0.120. The van der Waals surface area contributed by atoms with E-state index in [1.54, 1.807) is 0 Å². The third kappa shape index (κ3) is 12.0. The predicted octanol–water partition coefficient (Wildman–Crippen LogP) is 2.94. The number of hydrogen-bond acceptors (Lipinski definition) is 2. The molecule has 0 aliphatic rings. The van der Waals surface area contributed by atoms with Gasteiger partial charge in [0, 0.05) is 6.61 Å². The smallest absolute Gasteiger partial charge is 0.110 e. The van der Waals surface area contributed by atoms with Crippen LogP contribution in [0.5, 0.6) is 0 Å². The molecule has 0 saturated heterocycles. The molecule has 0 aromatic carbocycles. The van der Waals surface area contributed by atoms with E-state index in [0.29, 0.717) is 6.61 Å². The molecule has 0 spiro atoms. The van der Waals surface area contributed by atoms with Crippen molar-refractivity contribution in [3.8, 4) is 0 Å². The molecule has 0 aromatic rings. The van der Waals surface area contributed by atoms with Gasteiger partial charge in [0.15, 0.2) is 0 Å². The van der Waals surface area contributed by atoms with Crippen molar-refractivity contribution >= 4 is 0 Å². The number of ether oxygens (including phenoxy) is 1. The molecule has 0 aliphatic carbocycles. The Labute approximate surface area is 99.8 Å². The third-order valence-electron chi connectivity index (χ3n) is 2.64. The first-order chi connectivity index (χ1) is 7.81. The van der Waals surface area contributed by atoms with E-state index in [1.165, 1.54) is 44.9 Å². The van der Waals surface area contributed by atoms with Gasteiger partial charge in [-0.05, 0) is 6.42 Å². The van der Waals surface area contributed by atoms with E-state index in [4.69, 9.17) is 9.84 Å². The third-order valence-corrected chi connectivity index (χ3v) is 2.64. The summed E-state index contributed by atoms with van der Waals surface area (Å²) in [6.07, 6.45) is 9.38. The maximum absolute atomic E-state index is 10.2. The lowest BCUT2D eigenvalue weighted by Crippen LogP contribution is -2.18. The highest BCUT2D eigenvalue weighted by atomic mass is 16.5. The van der Waals surface area contributed by atoms with E-state index in [0.717, 1.165) is 6.42 Å². The van der Waals surface area contributed by atoms with Gasteiger partial charge in [0.1, 0.15) is 12.7 Å². The minimum absolute atomic E-state index is 0.194. The monoisotopic (exact) mass is 231 g/mol. The summed E-state index contributed by atoms with van der Waals surface area (Å²) in [6.45, 7) is 2.64. The highest BCUT2D eigenvalue weighted by molar-refractivity contribution is 4.49. The van der Waals surface area contributed by atoms with Crippen LogP contribution in [0.25, 0.3) is 0 Å². The molecule has 0 heterocycles. The summed E-state index contributed by atoms with van der Waals surface area (Å²) < 4.78 is 5.18. The minimum Gasteiger partial charge on any atom is -0.388 e. The molecule has 0 saturated carbocycles. The summed E-state index contributed by atoms with van der Waals surface area (Å²) in [5.74, 6) is 0. The molecule has 0 aromatic heterocycles. The zero-order chi connectivity index (χ0) is 12.1. The lowest BCUT2D eigenvalue weighted by atomic mass is 10.1. The van der Waals surface area contributed by atoms with E-state index in [1.807, 2.05) is 0 Å². The molecule has 1 N–H and O–H groups in total. The van der Waals surface area contributed by atoms with Crippen molar-refractivity contribution in [1.29, 1.82) is 0 Å². The van der Waals surface area contributed by atoms with Crippen molar-refractivity contribution in [1.82, 2.24) is 0 Å². The first-order valence-corrected chi connectivity index (χ1v) is 6.65. The summed E-state index contributed by atoms with van der Waals surface area (Å²) in [6, 6.07) is 0. The Morgan fingerprint density at radius 1 is 1.00 bits per heavy atom. The molecule has 0 aliphatic heterocycles. The number of aliphatic hydroxyl groups is 1. The Balaban J connectivity index is 2.93. The summed E-state index contributed by atoms with van der Waals surface area (Å²) in [7, 11) is 0. The maximum atomic E-state index is 10.2. The van der Waals surface area contributed by atoms with Crippen LogP contribution >= 0.6 is 0 Å². The van der Waals surface area contributed by atoms with Gasteiger partial charge in [0.2, 0.25) is 0 Å². The molecule has 3 heteroatoms. The van der Waals surface area contributed by atoms with Crippen LogP contribution in [-0.4, -0.2) is 31.0 Å². The van der Waals surface area contributed by atoms with Crippen LogP contribution in [0.15, 0.2) is 0 Å². The molecular weight excluding hydrogens is 204 g/mol. The maximum Gasteiger partial charge on any atom is 0.110 e. The molecule has 0 rings (SSSR count). The van der Waals surface area contributed by atoms with Crippen molar-refractivity contribution in [2.24, 2.45) is 0 Å². The highest BCUT2D eigenvalue weighted by Gasteiger charge is 2.01. The Kier molecular flexibility index (Phi) is 12.9. The fraction of sp³-hybridized carbons (Fsp3) is 1.00. The normalized spacial score (nSPS) is 12.9. The van der Waals surface area contributed by atoms with Gasteiger partial charge in [-0.15, -0.1) is 0 Å². The van der Waals surface area contributed by atoms with Gasteiger partial charge in [0.05, 0.1) is 6.61 Å². The quantitative estimate of drug-likeness (QED) is 0.525. The second-order valence-corrected chi connectivity index (χ2v) is 4.37. The average molecular weight is 231 g/mol. The molecule has 1 radical (unpaired) electrons. The largest absolute Gasteiger partial charge is 0.388 e. The van der Waals surface area contributed by atoms with E-state index in [9.17, 15) is 5.11 Å². The summed E-state index contributed by atoms with van der Waals surface area (Å²) in [5, 5.41) is 19.1. The number of hydrogen-bond donors (Lipinski definition) is 1. The van der Waals surface area contributed by atoms with E-state index < -0.39 is 12.7 Å². The zero-order valence-corrected chi connectivity index (χ0v) is 10.6. The minimum atomic E-state index is -0.825. The standard InChI is InChI=1S/C13H27O3/c1-2-3-4-5-6-7-8-9-10-16-12-13(15)11-14/h13,15H,2-12H2,1H3. The highest BCUT2D eigenvalue weighted by Crippen LogP contribution is 2.08. The van der Waals surface area contributed by atoms with Crippen molar-refractivity contribution in [3.63, 3.8) is 0 Å². The topological polar surface area (TPSA) is 49.4 Å². The van der Waals surface area contributed by atoms with Crippen LogP contribution in [0, 0.1) is 0 Å². The average Bonchev–Trinajstić information content (AvgIpc) is 2.31. The lowest BCUT2D eigenvalue weighted by molar-refractivity contribution is -0.0127. The van der Waals surface area contributed by atoms with Gasteiger partial charge in [-0.2, -0.15) is 0 Å². The van der Waals surface area contributed by atoms with Crippen LogP contribution in [0.3, 0.4) is 0 Å². The van der Waals surface area contributed by atoms with Gasteiger partial charge < -0.3 is 9.84 Å². The molecule has 1 unspecified atom stereocenters. The van der Waals surface area contributed by atoms with Crippen molar-refractivity contribution < 1.29 is 14.9 Å². The molecule has 1 atom stereocenters.